The molecular formula is C24H47N7O8P2Y2. The normalized spacial score (nSPS) is 12.3. The van der Waals surface area contributed by atoms with Crippen LogP contribution in [-0.2, 0) is 111 Å². The quantitative estimate of drug-likeness (QED) is 0.0833. The molecule has 0 fully saturated rings. The Bertz CT molecular complexity index is 1140. The Morgan fingerprint density at radius 2 is 1.33 bits per heavy atom. The first-order valence-corrected chi connectivity index (χ1v) is 16.3. The van der Waals surface area contributed by atoms with Gasteiger partial charge in [0.25, 0.3) is 0 Å². The number of hydrogen-bond acceptors (Lipinski definition) is 13. The van der Waals surface area contributed by atoms with Gasteiger partial charge in [-0.3, -0.25) is 9.59 Å². The molecule has 0 amide bonds. The van der Waals surface area contributed by atoms with Crippen LogP contribution < -0.4 is 16.4 Å². The molecule has 0 spiro atoms. The minimum atomic E-state index is -3.45. The number of Topliss-reactive ketones (excluding diaryl/α,β-unsaturated/α-hetero) is 2. The van der Waals surface area contributed by atoms with Crippen molar-refractivity contribution in [1.82, 2.24) is 29.7 Å². The smallest absolute Gasteiger partial charge is 0.245 e. The SMILES string of the molecule is C=P(O)(O)OCCCC(=O)C(Cc1cncn1C)NC.C=P(O)(O)OCCN.CNC(Cc1cncn1C)C(C)=O.[Y].[Y]. The Labute approximate surface area is 304 Å². The van der Waals surface area contributed by atoms with Gasteiger partial charge in [0.15, 0.2) is 0 Å². The van der Waals surface area contributed by atoms with Crippen molar-refractivity contribution in [3.05, 3.63) is 36.4 Å². The topological polar surface area (TPSA) is 219 Å². The molecule has 0 aliphatic carbocycles. The predicted octanol–water partition coefficient (Wildman–Crippen LogP) is -0.629. The number of carbonyl (C=O) groups excluding carboxylic acids is 2. The number of imidazole rings is 2. The van der Waals surface area contributed by atoms with E-state index < -0.39 is 15.1 Å². The van der Waals surface area contributed by atoms with Crippen LogP contribution in [0, 0.1) is 0 Å². The second kappa shape index (κ2) is 25.3. The molecule has 15 nitrogen and oxygen atoms in total. The summed E-state index contributed by atoms with van der Waals surface area (Å²) in [5.41, 5.74) is 7.02. The number of nitrogens with one attached hydrogen (secondary N) is 2. The molecule has 0 bridgehead atoms. The Kier molecular flexibility index (Phi) is 28.0. The van der Waals surface area contributed by atoms with E-state index in [1.165, 1.54) is 0 Å². The van der Waals surface area contributed by atoms with Crippen molar-refractivity contribution in [2.24, 2.45) is 19.8 Å². The van der Waals surface area contributed by atoms with Crippen LogP contribution in [0.5, 0.6) is 0 Å². The van der Waals surface area contributed by atoms with Gasteiger partial charge >= 0.3 is 0 Å². The zero-order chi connectivity index (χ0) is 31.6. The molecule has 0 saturated carbocycles. The van der Waals surface area contributed by atoms with Crippen molar-refractivity contribution in [1.29, 1.82) is 0 Å². The van der Waals surface area contributed by atoms with Crippen molar-refractivity contribution < 1.29 is 104 Å². The summed E-state index contributed by atoms with van der Waals surface area (Å²) < 4.78 is 12.9. The molecule has 2 rings (SSSR count). The van der Waals surface area contributed by atoms with Gasteiger partial charge in [-0.15, -0.1) is 0 Å². The molecule has 2 heterocycles. The van der Waals surface area contributed by atoms with Gasteiger partial charge in [0.05, 0.1) is 38.0 Å². The largest absolute Gasteiger partial charge is 0.338 e. The maximum Gasteiger partial charge on any atom is 0.245 e. The van der Waals surface area contributed by atoms with Crippen LogP contribution in [0.4, 0.5) is 0 Å². The fourth-order valence-corrected chi connectivity index (χ4v) is 4.06. The van der Waals surface area contributed by atoms with Gasteiger partial charge in [0.1, 0.15) is 11.6 Å². The van der Waals surface area contributed by atoms with Crippen molar-refractivity contribution in [2.45, 2.75) is 44.7 Å². The average molecular weight is 801 g/mol. The number of nitrogens with two attached hydrogens (primary N) is 1. The van der Waals surface area contributed by atoms with Crippen LogP contribution in [0.25, 0.3) is 0 Å². The van der Waals surface area contributed by atoms with Crippen LogP contribution in [0.3, 0.4) is 0 Å². The molecule has 0 aliphatic rings. The maximum absolute atomic E-state index is 12.1. The Balaban J connectivity index is -0.000000601. The van der Waals surface area contributed by atoms with Gasteiger partial charge in [-0.2, -0.15) is 0 Å². The van der Waals surface area contributed by atoms with Crippen molar-refractivity contribution in [2.75, 3.05) is 33.9 Å². The van der Waals surface area contributed by atoms with Crippen LogP contribution in [0.15, 0.2) is 25.0 Å². The van der Waals surface area contributed by atoms with E-state index >= 15 is 0 Å². The minimum absolute atomic E-state index is 0. The van der Waals surface area contributed by atoms with Gasteiger partial charge in [-0.05, 0) is 40.0 Å². The second-order valence-electron chi connectivity index (χ2n) is 9.05. The molecule has 2 radical (unpaired) electrons. The third kappa shape index (κ3) is 24.1. The molecule has 0 aliphatic heterocycles. The van der Waals surface area contributed by atoms with Gasteiger partial charge < -0.3 is 54.1 Å². The van der Waals surface area contributed by atoms with E-state index in [0.29, 0.717) is 25.7 Å². The van der Waals surface area contributed by atoms with Crippen LogP contribution >= 0.6 is 15.1 Å². The van der Waals surface area contributed by atoms with E-state index in [1.54, 1.807) is 46.1 Å². The zero-order valence-corrected chi connectivity index (χ0v) is 33.1. The number of nitrogens with zero attached hydrogens (tertiary/aromatic N) is 4. The molecule has 2 aromatic rings. The fourth-order valence-electron chi connectivity index (χ4n) is 3.24. The second-order valence-corrected chi connectivity index (χ2v) is 12.2. The molecule has 19 heteroatoms. The van der Waals surface area contributed by atoms with Gasteiger partial charge in [0, 0.05) is 129 Å². The van der Waals surface area contributed by atoms with Gasteiger partial charge in [-0.1, -0.05) is 0 Å². The number of hydrogen-bond donors (Lipinski definition) is 7. The summed E-state index contributed by atoms with van der Waals surface area (Å²) in [6.07, 6.45) is 15.0. The van der Waals surface area contributed by atoms with Crippen LogP contribution in [0.2, 0.25) is 0 Å². The van der Waals surface area contributed by atoms with Gasteiger partial charge in [-0.25, -0.2) is 9.97 Å². The molecular weight excluding hydrogens is 754 g/mol. The number of ketones is 2. The monoisotopic (exact) mass is 801 g/mol. The van der Waals surface area contributed by atoms with E-state index in [2.05, 4.69) is 37.7 Å². The van der Waals surface area contributed by atoms with E-state index in [-0.39, 0.29) is 109 Å². The molecule has 242 valence electrons. The van der Waals surface area contributed by atoms with E-state index in [0.717, 1.165) is 11.4 Å². The summed E-state index contributed by atoms with van der Waals surface area (Å²) in [6, 6.07) is -0.386. The first-order chi connectivity index (χ1) is 19.0. The van der Waals surface area contributed by atoms with Crippen molar-refractivity contribution >= 4 is 39.3 Å². The summed E-state index contributed by atoms with van der Waals surface area (Å²) in [5, 5.41) is 5.97. The standard InChI is InChI=1S/C12H22N3O4P.C9H15N3O.C3H10NO3P.2Y/c1-13-11(7-10-8-14-9-15(10)2)12(16)5-4-6-19-20(3,17)18;1-7(13)9(10-2)4-8-5-11-6-12(8)3;1-8(5,6)7-3-2-4;;/h8-9,11,13,17-18H,3-7H2,1-2H3;5-6,9-10H,4H2,1-3H3;5-6H,1-4H2;;. The zero-order valence-electron chi connectivity index (χ0n) is 25.7. The number of rotatable bonds is 16. The first kappa shape index (κ1) is 47.6. The summed E-state index contributed by atoms with van der Waals surface area (Å²) in [5.74, 6) is 0.213. The summed E-state index contributed by atoms with van der Waals surface area (Å²) >= 11 is 0. The third-order valence-corrected chi connectivity index (χ3v) is 6.71. The summed E-state index contributed by atoms with van der Waals surface area (Å²) in [4.78, 5) is 66.0. The van der Waals surface area contributed by atoms with Crippen LogP contribution in [0.1, 0.15) is 31.2 Å². The summed E-state index contributed by atoms with van der Waals surface area (Å²) in [6.45, 7) is 2.12. The fraction of sp³-hybridized carbons (Fsp3) is 0.583. The van der Waals surface area contributed by atoms with Crippen LogP contribution in [-0.4, -0.2) is 109 Å². The predicted molar refractivity (Wildman–Crippen MR) is 162 cm³/mol. The Hall–Kier alpha value is 0.208. The van der Waals surface area contributed by atoms with Crippen molar-refractivity contribution in [3.63, 3.8) is 0 Å². The third-order valence-electron chi connectivity index (χ3n) is 5.52. The number of aryl methyl sites for hydroxylation is 2. The molecule has 2 unspecified atom stereocenters. The van der Waals surface area contributed by atoms with Gasteiger partial charge in [0.2, 0.25) is 15.1 Å². The summed E-state index contributed by atoms with van der Waals surface area (Å²) in [7, 11) is 0.632. The van der Waals surface area contributed by atoms with E-state index in [4.69, 9.17) is 29.8 Å². The maximum atomic E-state index is 12.1. The van der Waals surface area contributed by atoms with Crippen molar-refractivity contribution in [3.8, 4) is 0 Å². The van der Waals surface area contributed by atoms with E-state index in [1.807, 2.05) is 23.2 Å². The molecule has 43 heavy (non-hydrogen) atoms. The molecule has 0 saturated heterocycles. The number of likely N-dealkylation sites (N-methyl/N-ethyl adjacent to an activating group) is 2. The minimum Gasteiger partial charge on any atom is -0.338 e. The number of carbonyl (C=O) groups is 2. The molecule has 2 aromatic heterocycles. The Morgan fingerprint density at radius 3 is 1.63 bits per heavy atom. The Morgan fingerprint density at radius 1 is 0.907 bits per heavy atom. The first-order valence-electron chi connectivity index (χ1n) is 12.7. The molecule has 0 aromatic carbocycles. The molecule has 2 atom stereocenters. The number of aromatic nitrogens is 4. The average Bonchev–Trinajstić information content (AvgIpc) is 3.48. The van der Waals surface area contributed by atoms with E-state index in [9.17, 15) is 9.59 Å². The molecule has 8 N–H and O–H groups in total.